The van der Waals surface area contributed by atoms with Gasteiger partial charge in [-0.2, -0.15) is 0 Å². The van der Waals surface area contributed by atoms with Gasteiger partial charge in [0.1, 0.15) is 9.84 Å². The third-order valence-electron chi connectivity index (χ3n) is 2.10. The second kappa shape index (κ2) is 6.27. The number of rotatable bonds is 6. The summed E-state index contributed by atoms with van der Waals surface area (Å²) in [5.41, 5.74) is 6.72. The number of hydrogen-bond donors (Lipinski definition) is 1. The molecule has 0 saturated heterocycles. The summed E-state index contributed by atoms with van der Waals surface area (Å²) in [4.78, 5) is 1.14. The maximum atomic E-state index is 11.0. The van der Waals surface area contributed by atoms with Gasteiger partial charge in [0.2, 0.25) is 0 Å². The first kappa shape index (κ1) is 13.5. The molecule has 0 fully saturated rings. The van der Waals surface area contributed by atoms with Crippen molar-refractivity contribution in [2.75, 3.05) is 24.3 Å². The van der Waals surface area contributed by atoms with E-state index < -0.39 is 9.84 Å². The van der Waals surface area contributed by atoms with Crippen LogP contribution < -0.4 is 5.73 Å². The SMILES string of the molecule is CS(=O)(=O)CCSc1ccccc1CCN. The van der Waals surface area contributed by atoms with Crippen molar-refractivity contribution in [3.05, 3.63) is 29.8 Å². The van der Waals surface area contributed by atoms with Gasteiger partial charge in [-0.15, -0.1) is 11.8 Å². The van der Waals surface area contributed by atoms with Crippen LogP contribution in [0.15, 0.2) is 29.2 Å². The molecule has 16 heavy (non-hydrogen) atoms. The first-order valence-electron chi connectivity index (χ1n) is 5.11. The zero-order chi connectivity index (χ0) is 12.0. The monoisotopic (exact) mass is 259 g/mol. The molecular formula is C11H17NO2S2. The summed E-state index contributed by atoms with van der Waals surface area (Å²) in [5, 5.41) is 0. The van der Waals surface area contributed by atoms with Gasteiger partial charge in [0.25, 0.3) is 0 Å². The van der Waals surface area contributed by atoms with E-state index in [2.05, 4.69) is 0 Å². The van der Waals surface area contributed by atoms with Crippen molar-refractivity contribution in [3.63, 3.8) is 0 Å². The van der Waals surface area contributed by atoms with E-state index in [9.17, 15) is 8.42 Å². The highest BCUT2D eigenvalue weighted by Crippen LogP contribution is 2.22. The molecule has 5 heteroatoms. The molecule has 0 bridgehead atoms. The maximum absolute atomic E-state index is 11.0. The molecular weight excluding hydrogens is 242 g/mol. The predicted octanol–water partition coefficient (Wildman–Crippen LogP) is 1.32. The van der Waals surface area contributed by atoms with Crippen molar-refractivity contribution in [2.24, 2.45) is 5.73 Å². The summed E-state index contributed by atoms with van der Waals surface area (Å²) in [6.45, 7) is 0.615. The van der Waals surface area contributed by atoms with Crippen molar-refractivity contribution in [1.82, 2.24) is 0 Å². The van der Waals surface area contributed by atoms with Gasteiger partial charge in [-0.05, 0) is 24.6 Å². The Kier molecular flexibility index (Phi) is 5.31. The molecule has 0 heterocycles. The topological polar surface area (TPSA) is 60.2 Å². The molecule has 0 amide bonds. The molecule has 2 N–H and O–H groups in total. The largest absolute Gasteiger partial charge is 0.330 e. The first-order chi connectivity index (χ1) is 7.53. The fourth-order valence-electron chi connectivity index (χ4n) is 1.31. The van der Waals surface area contributed by atoms with E-state index in [1.807, 2.05) is 24.3 Å². The maximum Gasteiger partial charge on any atom is 0.148 e. The van der Waals surface area contributed by atoms with Gasteiger partial charge in [0.05, 0.1) is 5.75 Å². The summed E-state index contributed by atoms with van der Waals surface area (Å²) in [6.07, 6.45) is 2.10. The van der Waals surface area contributed by atoms with E-state index in [0.29, 0.717) is 12.3 Å². The molecule has 90 valence electrons. The Bertz CT molecular complexity index is 429. The molecule has 0 aromatic heterocycles. The number of benzene rings is 1. The van der Waals surface area contributed by atoms with Crippen molar-refractivity contribution in [2.45, 2.75) is 11.3 Å². The van der Waals surface area contributed by atoms with Crippen LogP contribution in [-0.4, -0.2) is 32.7 Å². The number of sulfone groups is 1. The highest BCUT2D eigenvalue weighted by atomic mass is 32.2. The standard InChI is InChI=1S/C11H17NO2S2/c1-16(13,14)9-8-15-11-5-3-2-4-10(11)6-7-12/h2-5H,6-9,12H2,1H3. The molecule has 1 aromatic rings. The minimum Gasteiger partial charge on any atom is -0.330 e. The van der Waals surface area contributed by atoms with Crippen LogP contribution in [0.3, 0.4) is 0 Å². The van der Waals surface area contributed by atoms with Gasteiger partial charge in [-0.1, -0.05) is 18.2 Å². The molecule has 3 nitrogen and oxygen atoms in total. The third kappa shape index (κ3) is 5.01. The molecule has 0 aliphatic rings. The Morgan fingerprint density at radius 3 is 2.62 bits per heavy atom. The van der Waals surface area contributed by atoms with Crippen molar-refractivity contribution in [3.8, 4) is 0 Å². The Hall–Kier alpha value is -0.520. The van der Waals surface area contributed by atoms with Crippen LogP contribution in [0.25, 0.3) is 0 Å². The van der Waals surface area contributed by atoms with Gasteiger partial charge in [-0.25, -0.2) is 8.42 Å². The van der Waals surface area contributed by atoms with E-state index in [0.717, 1.165) is 11.3 Å². The number of nitrogens with two attached hydrogens (primary N) is 1. The third-order valence-corrected chi connectivity index (χ3v) is 4.42. The fourth-order valence-corrected chi connectivity index (χ4v) is 3.60. The lowest BCUT2D eigenvalue weighted by Gasteiger charge is -2.07. The van der Waals surface area contributed by atoms with Crippen LogP contribution in [0.5, 0.6) is 0 Å². The molecule has 0 spiro atoms. The average Bonchev–Trinajstić information content (AvgIpc) is 2.19. The molecule has 0 unspecified atom stereocenters. The van der Waals surface area contributed by atoms with E-state index in [4.69, 9.17) is 5.73 Å². The predicted molar refractivity (Wildman–Crippen MR) is 69.6 cm³/mol. The van der Waals surface area contributed by atoms with Crippen molar-refractivity contribution >= 4 is 21.6 Å². The van der Waals surface area contributed by atoms with Gasteiger partial charge in [0.15, 0.2) is 0 Å². The second-order valence-electron chi connectivity index (χ2n) is 3.62. The highest BCUT2D eigenvalue weighted by Gasteiger charge is 2.05. The Morgan fingerprint density at radius 2 is 2.00 bits per heavy atom. The van der Waals surface area contributed by atoms with Gasteiger partial charge in [-0.3, -0.25) is 0 Å². The number of thioether (sulfide) groups is 1. The molecule has 0 aliphatic heterocycles. The van der Waals surface area contributed by atoms with E-state index in [-0.39, 0.29) is 5.75 Å². The van der Waals surface area contributed by atoms with Crippen molar-refractivity contribution < 1.29 is 8.42 Å². The van der Waals surface area contributed by atoms with Gasteiger partial charge >= 0.3 is 0 Å². The lowest BCUT2D eigenvalue weighted by molar-refractivity contribution is 0.603. The fraction of sp³-hybridized carbons (Fsp3) is 0.455. The minimum absolute atomic E-state index is 0.217. The molecule has 0 radical (unpaired) electrons. The molecule has 0 saturated carbocycles. The second-order valence-corrected chi connectivity index (χ2v) is 7.02. The first-order valence-corrected chi connectivity index (χ1v) is 8.16. The minimum atomic E-state index is -2.86. The van der Waals surface area contributed by atoms with Gasteiger partial charge in [0, 0.05) is 16.9 Å². The lowest BCUT2D eigenvalue weighted by Crippen LogP contribution is -2.06. The van der Waals surface area contributed by atoms with E-state index in [1.165, 1.54) is 11.8 Å². The van der Waals surface area contributed by atoms with E-state index in [1.54, 1.807) is 11.8 Å². The van der Waals surface area contributed by atoms with Crippen LogP contribution in [0.1, 0.15) is 5.56 Å². The molecule has 0 atom stereocenters. The zero-order valence-electron chi connectivity index (χ0n) is 9.35. The summed E-state index contributed by atoms with van der Waals surface area (Å²) >= 11 is 1.58. The lowest BCUT2D eigenvalue weighted by atomic mass is 10.1. The quantitative estimate of drug-likeness (QED) is 0.783. The molecule has 0 aliphatic carbocycles. The Labute approximate surface area is 101 Å². The molecule has 1 rings (SSSR count). The number of hydrogen-bond acceptors (Lipinski definition) is 4. The van der Waals surface area contributed by atoms with Crippen LogP contribution in [0.4, 0.5) is 0 Å². The normalized spacial score (nSPS) is 11.6. The summed E-state index contributed by atoms with van der Waals surface area (Å²) in [7, 11) is -2.86. The summed E-state index contributed by atoms with van der Waals surface area (Å²) in [6, 6.07) is 7.99. The zero-order valence-corrected chi connectivity index (χ0v) is 11.0. The Balaban J connectivity index is 2.59. The van der Waals surface area contributed by atoms with Crippen LogP contribution in [-0.2, 0) is 16.3 Å². The van der Waals surface area contributed by atoms with Crippen molar-refractivity contribution in [1.29, 1.82) is 0 Å². The summed E-state index contributed by atoms with van der Waals surface area (Å²) < 4.78 is 22.0. The van der Waals surface area contributed by atoms with Crippen LogP contribution >= 0.6 is 11.8 Å². The molecule has 1 aromatic carbocycles. The van der Waals surface area contributed by atoms with Crippen LogP contribution in [0, 0.1) is 0 Å². The Morgan fingerprint density at radius 1 is 1.31 bits per heavy atom. The van der Waals surface area contributed by atoms with Crippen LogP contribution in [0.2, 0.25) is 0 Å². The average molecular weight is 259 g/mol. The summed E-state index contributed by atoms with van der Waals surface area (Å²) in [5.74, 6) is 0.815. The smallest absolute Gasteiger partial charge is 0.148 e. The van der Waals surface area contributed by atoms with E-state index >= 15 is 0 Å². The highest BCUT2D eigenvalue weighted by molar-refractivity contribution is 8.00. The van der Waals surface area contributed by atoms with Gasteiger partial charge < -0.3 is 5.73 Å².